The number of rotatable bonds is 4. The Hall–Kier alpha value is -1.34. The normalized spacial score (nSPS) is 22.7. The third kappa shape index (κ3) is 2.40. The Morgan fingerprint density at radius 2 is 1.74 bits per heavy atom. The Kier molecular flexibility index (Phi) is 3.44. The zero-order chi connectivity index (χ0) is 14.1. The number of nitrogens with zero attached hydrogens (tertiary/aromatic N) is 1. The predicted molar refractivity (Wildman–Crippen MR) is 79.0 cm³/mol. The van der Waals surface area contributed by atoms with Gasteiger partial charge in [0, 0.05) is 15.6 Å². The Labute approximate surface area is 112 Å². The molecule has 0 saturated heterocycles. The highest BCUT2D eigenvalue weighted by atomic mass is 32.3. The summed E-state index contributed by atoms with van der Waals surface area (Å²) >= 11 is 0. The fraction of sp³-hybridized carbons (Fsp3) is 0.308. The van der Waals surface area contributed by atoms with Crippen LogP contribution in [-0.2, 0) is 0 Å². The van der Waals surface area contributed by atoms with Crippen molar-refractivity contribution >= 4 is 15.0 Å². The lowest BCUT2D eigenvalue weighted by Gasteiger charge is -2.44. The summed E-state index contributed by atoms with van der Waals surface area (Å²) in [6, 6.07) is 8.39. The highest BCUT2D eigenvalue weighted by Crippen LogP contribution is 2.70. The number of aliphatic hydroxyl groups excluding tert-OH is 1. The van der Waals surface area contributed by atoms with E-state index in [1.165, 1.54) is 0 Å². The second-order valence-corrected chi connectivity index (χ2v) is 7.46. The first-order valence-corrected chi connectivity index (χ1v) is 8.28. The van der Waals surface area contributed by atoms with Gasteiger partial charge < -0.3 is 18.8 Å². The second kappa shape index (κ2) is 4.64. The summed E-state index contributed by atoms with van der Waals surface area (Å²) in [6.45, 7) is 1.98. The van der Waals surface area contributed by atoms with Gasteiger partial charge in [0.05, 0.1) is 5.70 Å². The minimum atomic E-state index is -5.42. The number of benzene rings is 1. The number of aliphatic imine (C=N–C) groups is 1. The van der Waals surface area contributed by atoms with Crippen LogP contribution in [0, 0.1) is 0 Å². The number of unbranched alkanes of at least 4 members (excludes halogenated alkanes) is 1. The fourth-order valence-corrected chi connectivity index (χ4v) is 3.78. The van der Waals surface area contributed by atoms with E-state index in [2.05, 4.69) is 4.99 Å². The van der Waals surface area contributed by atoms with Crippen molar-refractivity contribution in [3.05, 3.63) is 46.7 Å². The fourth-order valence-electron chi connectivity index (χ4n) is 2.01. The molecule has 1 heterocycles. The van der Waals surface area contributed by atoms with Crippen LogP contribution < -0.4 is 0 Å². The van der Waals surface area contributed by atoms with Gasteiger partial charge in [-0.2, -0.15) is 0 Å². The summed E-state index contributed by atoms with van der Waals surface area (Å²) in [5.41, 5.74) is 0.552. The zero-order valence-corrected chi connectivity index (χ0v) is 11.6. The van der Waals surface area contributed by atoms with Gasteiger partial charge in [-0.1, -0.05) is 43.7 Å². The molecule has 0 unspecified atom stereocenters. The molecule has 6 heteroatoms. The lowest BCUT2D eigenvalue weighted by Crippen LogP contribution is -2.25. The van der Waals surface area contributed by atoms with E-state index >= 15 is 0 Å². The maximum absolute atomic E-state index is 10.1. The molecule has 0 saturated carbocycles. The smallest absolute Gasteiger partial charge is 0.204 e. The Balaban J connectivity index is 2.46. The van der Waals surface area contributed by atoms with E-state index in [1.54, 1.807) is 30.3 Å². The van der Waals surface area contributed by atoms with Crippen LogP contribution in [0.15, 0.2) is 46.1 Å². The van der Waals surface area contributed by atoms with Crippen molar-refractivity contribution in [3.63, 3.8) is 0 Å². The molecule has 0 bridgehead atoms. The molecule has 5 nitrogen and oxygen atoms in total. The van der Waals surface area contributed by atoms with Crippen molar-refractivity contribution in [2.45, 2.75) is 26.2 Å². The summed E-state index contributed by atoms with van der Waals surface area (Å²) in [7, 11) is -5.42. The van der Waals surface area contributed by atoms with E-state index in [9.17, 15) is 18.8 Å². The van der Waals surface area contributed by atoms with Gasteiger partial charge in [0.2, 0.25) is 5.09 Å². The zero-order valence-electron chi connectivity index (χ0n) is 10.7. The molecule has 19 heavy (non-hydrogen) atoms. The van der Waals surface area contributed by atoms with Crippen molar-refractivity contribution < 1.29 is 18.8 Å². The highest BCUT2D eigenvalue weighted by Gasteiger charge is 2.48. The lowest BCUT2D eigenvalue weighted by molar-refractivity contribution is 0.326. The number of hydrogen-bond acceptors (Lipinski definition) is 5. The first-order valence-electron chi connectivity index (χ1n) is 6.19. The van der Waals surface area contributed by atoms with Crippen LogP contribution in [0.1, 0.15) is 31.7 Å². The molecular formula is C13H19NO4S. The topological polar surface area (TPSA) is 93.3 Å². The molecule has 0 aliphatic carbocycles. The van der Waals surface area contributed by atoms with Crippen LogP contribution in [0.25, 0.3) is 0 Å². The summed E-state index contributed by atoms with van der Waals surface area (Å²) in [5, 5.41) is 8.89. The first-order chi connectivity index (χ1) is 8.85. The SMILES string of the molecule is CCCCC1=C(O)[SH](O)(O)(O)C(c2ccccc2)=N1. The molecule has 0 amide bonds. The summed E-state index contributed by atoms with van der Waals surface area (Å²) in [5.74, 6) is 0. The number of aliphatic hydroxyl groups is 1. The molecule has 0 spiro atoms. The van der Waals surface area contributed by atoms with Crippen molar-refractivity contribution in [3.8, 4) is 0 Å². The summed E-state index contributed by atoms with van der Waals surface area (Å²) in [4.78, 5) is 4.06. The molecule has 0 aromatic heterocycles. The molecule has 1 aliphatic rings. The number of thiol groups is 1. The maximum atomic E-state index is 10.1. The van der Waals surface area contributed by atoms with Gasteiger partial charge in [-0.05, 0) is 12.8 Å². The molecule has 0 radical (unpaired) electrons. The average Bonchev–Trinajstić information content (AvgIpc) is 2.56. The van der Waals surface area contributed by atoms with Crippen molar-refractivity contribution in [1.29, 1.82) is 0 Å². The Bertz CT molecular complexity index is 543. The molecule has 1 aromatic carbocycles. The Morgan fingerprint density at radius 3 is 2.32 bits per heavy atom. The van der Waals surface area contributed by atoms with E-state index in [1.807, 2.05) is 6.92 Å². The van der Waals surface area contributed by atoms with Gasteiger partial charge in [-0.3, -0.25) is 0 Å². The van der Waals surface area contributed by atoms with Crippen LogP contribution in [0.3, 0.4) is 0 Å². The predicted octanol–water partition coefficient (Wildman–Crippen LogP) is 3.86. The van der Waals surface area contributed by atoms with Crippen LogP contribution in [-0.4, -0.2) is 23.8 Å². The van der Waals surface area contributed by atoms with Gasteiger partial charge in [0.1, 0.15) is 5.04 Å². The van der Waals surface area contributed by atoms with Crippen LogP contribution in [0.2, 0.25) is 0 Å². The largest absolute Gasteiger partial charge is 0.499 e. The second-order valence-electron chi connectivity index (χ2n) is 4.66. The standard InChI is InChI=1S/C13H19NO4S/c1-2-3-9-11-13(15)19(16,17,18)12(14-11)10-7-5-4-6-8-10/h4-8,15-19H,2-3,9H2,1H3. The van der Waals surface area contributed by atoms with E-state index in [-0.39, 0.29) is 10.7 Å². The van der Waals surface area contributed by atoms with Crippen LogP contribution in [0.5, 0.6) is 0 Å². The minimum absolute atomic E-state index is 0.158. The molecule has 106 valence electrons. The number of allylic oxidation sites excluding steroid dienone is 1. The average molecular weight is 285 g/mol. The molecule has 0 atom stereocenters. The minimum Gasteiger partial charge on any atom is -0.499 e. The summed E-state index contributed by atoms with van der Waals surface area (Å²) < 4.78 is 30.3. The van der Waals surface area contributed by atoms with Gasteiger partial charge in [0.15, 0.2) is 0 Å². The van der Waals surface area contributed by atoms with Crippen molar-refractivity contribution in [2.75, 3.05) is 0 Å². The quantitative estimate of drug-likeness (QED) is 0.543. The molecule has 1 aromatic rings. The highest BCUT2D eigenvalue weighted by molar-refractivity contribution is 8.51. The molecule has 0 fully saturated rings. The van der Waals surface area contributed by atoms with Crippen LogP contribution >= 0.6 is 10.0 Å². The summed E-state index contributed by atoms with van der Waals surface area (Å²) in [6.07, 6.45) is 2.03. The van der Waals surface area contributed by atoms with Crippen LogP contribution in [0.4, 0.5) is 0 Å². The molecular weight excluding hydrogens is 266 g/mol. The van der Waals surface area contributed by atoms with Gasteiger partial charge in [-0.25, -0.2) is 4.99 Å². The maximum Gasteiger partial charge on any atom is 0.204 e. The first kappa shape index (κ1) is 14.1. The number of hydrogen-bond donors (Lipinski definition) is 5. The third-order valence-electron chi connectivity index (χ3n) is 3.08. The van der Waals surface area contributed by atoms with E-state index in [0.29, 0.717) is 12.0 Å². The van der Waals surface area contributed by atoms with Gasteiger partial charge in [0.25, 0.3) is 0 Å². The van der Waals surface area contributed by atoms with Crippen molar-refractivity contribution in [1.82, 2.24) is 0 Å². The monoisotopic (exact) mass is 285 g/mol. The third-order valence-corrected chi connectivity index (χ3v) is 5.25. The van der Waals surface area contributed by atoms with E-state index in [4.69, 9.17) is 0 Å². The molecule has 4 N–H and O–H groups in total. The van der Waals surface area contributed by atoms with Crippen molar-refractivity contribution in [2.24, 2.45) is 4.99 Å². The van der Waals surface area contributed by atoms with Gasteiger partial charge in [-0.15, -0.1) is 0 Å². The Morgan fingerprint density at radius 1 is 1.11 bits per heavy atom. The van der Waals surface area contributed by atoms with E-state index in [0.717, 1.165) is 12.8 Å². The lowest BCUT2D eigenvalue weighted by atomic mass is 10.2. The molecule has 1 aliphatic heterocycles. The van der Waals surface area contributed by atoms with E-state index < -0.39 is 15.1 Å². The molecule has 2 rings (SSSR count). The van der Waals surface area contributed by atoms with Gasteiger partial charge >= 0.3 is 0 Å².